The number of aliphatic hydroxyl groups is 1. The molecule has 0 aromatic heterocycles. The maximum atomic E-state index is 9.75. The Labute approximate surface area is 110 Å². The summed E-state index contributed by atoms with van der Waals surface area (Å²) in [6.45, 7) is 6.06. The first-order chi connectivity index (χ1) is 8.65. The predicted molar refractivity (Wildman–Crippen MR) is 75.4 cm³/mol. The molecule has 1 fully saturated rings. The van der Waals surface area contributed by atoms with Gasteiger partial charge >= 0.3 is 0 Å². The van der Waals surface area contributed by atoms with E-state index in [0.717, 1.165) is 19.5 Å². The zero-order valence-electron chi connectivity index (χ0n) is 11.5. The van der Waals surface area contributed by atoms with Crippen molar-refractivity contribution >= 4 is 0 Å². The zero-order valence-corrected chi connectivity index (χ0v) is 11.5. The maximum absolute atomic E-state index is 9.75. The van der Waals surface area contributed by atoms with Gasteiger partial charge in [0.25, 0.3) is 0 Å². The molecular formula is C16H25NO. The molecule has 1 aliphatic carbocycles. The Morgan fingerprint density at radius 1 is 1.17 bits per heavy atom. The lowest BCUT2D eigenvalue weighted by Gasteiger charge is -2.11. The normalized spacial score (nSPS) is 17.1. The van der Waals surface area contributed by atoms with Gasteiger partial charge in [0, 0.05) is 13.1 Å². The van der Waals surface area contributed by atoms with Crippen molar-refractivity contribution in [3.63, 3.8) is 0 Å². The summed E-state index contributed by atoms with van der Waals surface area (Å²) in [5, 5.41) is 13.1. The average molecular weight is 247 g/mol. The Hall–Kier alpha value is -0.860. The number of nitrogens with one attached hydrogen (secondary N) is 1. The first-order valence-electron chi connectivity index (χ1n) is 7.11. The van der Waals surface area contributed by atoms with Crippen LogP contribution < -0.4 is 5.32 Å². The predicted octanol–water partition coefficient (Wildman–Crippen LogP) is 2.75. The molecule has 0 bridgehead atoms. The lowest BCUT2D eigenvalue weighted by Crippen LogP contribution is -2.27. The topological polar surface area (TPSA) is 32.3 Å². The molecular weight excluding hydrogens is 222 g/mol. The van der Waals surface area contributed by atoms with E-state index >= 15 is 0 Å². The molecule has 1 aromatic carbocycles. The molecule has 1 atom stereocenters. The first-order valence-corrected chi connectivity index (χ1v) is 7.11. The number of hydrogen-bond acceptors (Lipinski definition) is 2. The summed E-state index contributed by atoms with van der Waals surface area (Å²) < 4.78 is 0. The Balaban J connectivity index is 1.72. The summed E-state index contributed by atoms with van der Waals surface area (Å²) in [6.07, 6.45) is 3.40. The summed E-state index contributed by atoms with van der Waals surface area (Å²) in [5.41, 5.74) is 2.71. The molecule has 0 aliphatic heterocycles. The summed E-state index contributed by atoms with van der Waals surface area (Å²) in [5.74, 6) is 1.27. The first kappa shape index (κ1) is 13.6. The molecule has 1 aliphatic rings. The third-order valence-electron chi connectivity index (χ3n) is 3.52. The van der Waals surface area contributed by atoms with Gasteiger partial charge in [-0.3, -0.25) is 0 Å². The quantitative estimate of drug-likeness (QED) is 0.776. The van der Waals surface area contributed by atoms with E-state index < -0.39 is 0 Å². The van der Waals surface area contributed by atoms with Gasteiger partial charge in [0.1, 0.15) is 0 Å². The molecule has 0 saturated heterocycles. The smallest absolute Gasteiger partial charge is 0.0692 e. The van der Waals surface area contributed by atoms with Gasteiger partial charge in [0.05, 0.1) is 6.10 Å². The van der Waals surface area contributed by atoms with Crippen LogP contribution in [0.1, 0.15) is 37.8 Å². The van der Waals surface area contributed by atoms with E-state index in [0.29, 0.717) is 11.8 Å². The van der Waals surface area contributed by atoms with Crippen LogP contribution in [0.2, 0.25) is 0 Å². The second kappa shape index (κ2) is 6.35. The molecule has 0 amide bonds. The Bertz CT molecular complexity index is 354. The van der Waals surface area contributed by atoms with Gasteiger partial charge in [0.15, 0.2) is 0 Å². The largest absolute Gasteiger partial charge is 0.392 e. The highest BCUT2D eigenvalue weighted by atomic mass is 16.3. The Morgan fingerprint density at radius 2 is 1.78 bits per heavy atom. The standard InChI is InChI=1S/C16H25NO/c1-12(2)9-13-3-5-14(6-4-13)10-17-11-16(18)15-7-8-15/h3-6,12,15-18H,7-11H2,1-2H3. The molecule has 1 aromatic rings. The Kier molecular flexibility index (Phi) is 4.79. The molecule has 0 spiro atoms. The molecule has 0 radical (unpaired) electrons. The van der Waals surface area contributed by atoms with Crippen molar-refractivity contribution in [2.45, 2.75) is 45.8 Å². The zero-order chi connectivity index (χ0) is 13.0. The van der Waals surface area contributed by atoms with Crippen LogP contribution in [0.4, 0.5) is 0 Å². The van der Waals surface area contributed by atoms with E-state index in [-0.39, 0.29) is 6.10 Å². The van der Waals surface area contributed by atoms with Crippen LogP contribution in [0.15, 0.2) is 24.3 Å². The van der Waals surface area contributed by atoms with Crippen LogP contribution >= 0.6 is 0 Å². The van der Waals surface area contributed by atoms with E-state index in [1.807, 2.05) is 0 Å². The molecule has 2 rings (SSSR count). The fourth-order valence-electron chi connectivity index (χ4n) is 2.28. The second-order valence-corrected chi connectivity index (χ2v) is 5.95. The van der Waals surface area contributed by atoms with Crippen LogP contribution in [0.5, 0.6) is 0 Å². The summed E-state index contributed by atoms with van der Waals surface area (Å²) in [4.78, 5) is 0. The van der Waals surface area contributed by atoms with Crippen molar-refractivity contribution in [3.8, 4) is 0 Å². The molecule has 2 N–H and O–H groups in total. The highest BCUT2D eigenvalue weighted by Crippen LogP contribution is 2.32. The number of rotatable bonds is 7. The van der Waals surface area contributed by atoms with Crippen LogP contribution in [0.25, 0.3) is 0 Å². The minimum atomic E-state index is -0.148. The summed E-state index contributed by atoms with van der Waals surface area (Å²) in [6, 6.07) is 8.81. The molecule has 100 valence electrons. The fourth-order valence-corrected chi connectivity index (χ4v) is 2.28. The van der Waals surface area contributed by atoms with Gasteiger partial charge < -0.3 is 10.4 Å². The lowest BCUT2D eigenvalue weighted by molar-refractivity contribution is 0.148. The van der Waals surface area contributed by atoms with E-state index in [9.17, 15) is 5.11 Å². The molecule has 0 heterocycles. The highest BCUT2D eigenvalue weighted by Gasteiger charge is 2.28. The molecule has 2 nitrogen and oxygen atoms in total. The molecule has 1 saturated carbocycles. The van der Waals surface area contributed by atoms with Crippen LogP contribution in [-0.4, -0.2) is 17.8 Å². The minimum Gasteiger partial charge on any atom is -0.392 e. The van der Waals surface area contributed by atoms with Crippen molar-refractivity contribution in [3.05, 3.63) is 35.4 Å². The second-order valence-electron chi connectivity index (χ2n) is 5.95. The molecule has 1 unspecified atom stereocenters. The van der Waals surface area contributed by atoms with Crippen molar-refractivity contribution in [1.82, 2.24) is 5.32 Å². The van der Waals surface area contributed by atoms with Gasteiger partial charge in [-0.1, -0.05) is 38.1 Å². The third-order valence-corrected chi connectivity index (χ3v) is 3.52. The van der Waals surface area contributed by atoms with Gasteiger partial charge in [-0.15, -0.1) is 0 Å². The summed E-state index contributed by atoms with van der Waals surface area (Å²) >= 11 is 0. The van der Waals surface area contributed by atoms with Gasteiger partial charge in [0.2, 0.25) is 0 Å². The SMILES string of the molecule is CC(C)Cc1ccc(CNCC(O)C2CC2)cc1. The van der Waals surface area contributed by atoms with E-state index in [1.54, 1.807) is 0 Å². The van der Waals surface area contributed by atoms with E-state index in [1.165, 1.54) is 24.0 Å². The molecule has 2 heteroatoms. The monoisotopic (exact) mass is 247 g/mol. The number of benzene rings is 1. The third kappa shape index (κ3) is 4.43. The van der Waals surface area contributed by atoms with Gasteiger partial charge in [-0.25, -0.2) is 0 Å². The van der Waals surface area contributed by atoms with Crippen LogP contribution in [0.3, 0.4) is 0 Å². The van der Waals surface area contributed by atoms with Crippen molar-refractivity contribution in [2.24, 2.45) is 11.8 Å². The van der Waals surface area contributed by atoms with E-state index in [2.05, 4.69) is 43.4 Å². The van der Waals surface area contributed by atoms with E-state index in [4.69, 9.17) is 0 Å². The van der Waals surface area contributed by atoms with Crippen molar-refractivity contribution in [2.75, 3.05) is 6.54 Å². The fraction of sp³-hybridized carbons (Fsp3) is 0.625. The Morgan fingerprint density at radius 3 is 2.33 bits per heavy atom. The lowest BCUT2D eigenvalue weighted by atomic mass is 10.0. The van der Waals surface area contributed by atoms with Crippen LogP contribution in [-0.2, 0) is 13.0 Å². The number of aliphatic hydroxyl groups excluding tert-OH is 1. The van der Waals surface area contributed by atoms with Gasteiger partial charge in [-0.05, 0) is 42.2 Å². The minimum absolute atomic E-state index is 0.148. The van der Waals surface area contributed by atoms with Crippen LogP contribution in [0, 0.1) is 11.8 Å². The highest BCUT2D eigenvalue weighted by molar-refractivity contribution is 5.22. The number of hydrogen-bond donors (Lipinski definition) is 2. The van der Waals surface area contributed by atoms with Gasteiger partial charge in [-0.2, -0.15) is 0 Å². The van der Waals surface area contributed by atoms with Crippen molar-refractivity contribution < 1.29 is 5.11 Å². The molecule has 18 heavy (non-hydrogen) atoms. The average Bonchev–Trinajstić information content (AvgIpc) is 3.14. The summed E-state index contributed by atoms with van der Waals surface area (Å²) in [7, 11) is 0. The van der Waals surface area contributed by atoms with Crippen molar-refractivity contribution in [1.29, 1.82) is 0 Å². The maximum Gasteiger partial charge on any atom is 0.0692 e.